The van der Waals surface area contributed by atoms with Gasteiger partial charge in [0.2, 0.25) is 0 Å². The molecule has 4 nitrogen and oxygen atoms in total. The van der Waals surface area contributed by atoms with Gasteiger partial charge in [-0.05, 0) is 31.0 Å². The Hall–Kier alpha value is -2.36. The van der Waals surface area contributed by atoms with E-state index in [0.29, 0.717) is 18.7 Å². The van der Waals surface area contributed by atoms with Gasteiger partial charge in [-0.3, -0.25) is 4.79 Å². The minimum Gasteiger partial charge on any atom is -0.370 e. The zero-order chi connectivity index (χ0) is 15.8. The quantitative estimate of drug-likeness (QED) is 0.850. The molecule has 0 aliphatic carbocycles. The maximum absolute atomic E-state index is 12.6. The third kappa shape index (κ3) is 4.32. The number of hydrogen-bond donors (Lipinski definition) is 1. The first-order valence-electron chi connectivity index (χ1n) is 7.77. The van der Waals surface area contributed by atoms with Crippen LogP contribution in [0.3, 0.4) is 0 Å². The Morgan fingerprint density at radius 1 is 1.14 bits per heavy atom. The van der Waals surface area contributed by atoms with Crippen molar-refractivity contribution in [3.63, 3.8) is 0 Å². The number of carbonyl (C=O) groups is 1. The Morgan fingerprint density at radius 3 is 2.50 bits per heavy atom. The molecule has 0 bridgehead atoms. The van der Waals surface area contributed by atoms with Crippen LogP contribution in [0.4, 0.5) is 5.82 Å². The third-order valence-corrected chi connectivity index (χ3v) is 3.45. The number of hydrogen-bond acceptors (Lipinski definition) is 3. The second-order valence-corrected chi connectivity index (χ2v) is 5.16. The molecular weight excluding hydrogens is 274 g/mol. The van der Waals surface area contributed by atoms with Crippen LogP contribution in [0.5, 0.6) is 0 Å². The van der Waals surface area contributed by atoms with Gasteiger partial charge in [-0.2, -0.15) is 0 Å². The maximum atomic E-state index is 12.6. The van der Waals surface area contributed by atoms with Crippen LogP contribution in [-0.2, 0) is 6.54 Å². The van der Waals surface area contributed by atoms with Gasteiger partial charge in [-0.25, -0.2) is 4.98 Å². The van der Waals surface area contributed by atoms with Crippen LogP contribution in [0.25, 0.3) is 0 Å². The highest BCUT2D eigenvalue weighted by Crippen LogP contribution is 2.11. The molecule has 22 heavy (non-hydrogen) atoms. The van der Waals surface area contributed by atoms with Crippen LogP contribution in [0, 0.1) is 0 Å². The van der Waals surface area contributed by atoms with Crippen molar-refractivity contribution < 1.29 is 4.79 Å². The second-order valence-electron chi connectivity index (χ2n) is 5.16. The molecule has 0 fully saturated rings. The lowest BCUT2D eigenvalue weighted by Gasteiger charge is -2.21. The molecule has 0 atom stereocenters. The number of anilines is 1. The van der Waals surface area contributed by atoms with Gasteiger partial charge >= 0.3 is 0 Å². The Bertz CT molecular complexity index is 581. The average molecular weight is 297 g/mol. The molecule has 2 rings (SSSR count). The lowest BCUT2D eigenvalue weighted by atomic mass is 10.2. The summed E-state index contributed by atoms with van der Waals surface area (Å²) in [5.74, 6) is 0.824. The monoisotopic (exact) mass is 297 g/mol. The second kappa shape index (κ2) is 8.17. The van der Waals surface area contributed by atoms with Gasteiger partial charge in [0, 0.05) is 25.8 Å². The Kier molecular flexibility index (Phi) is 5.95. The minimum absolute atomic E-state index is 0.0147. The summed E-state index contributed by atoms with van der Waals surface area (Å²) in [5.41, 5.74) is 1.76. The normalized spacial score (nSPS) is 10.3. The van der Waals surface area contributed by atoms with E-state index in [-0.39, 0.29) is 5.91 Å². The van der Waals surface area contributed by atoms with Crippen LogP contribution in [0.1, 0.15) is 36.2 Å². The van der Waals surface area contributed by atoms with Gasteiger partial charge < -0.3 is 10.2 Å². The van der Waals surface area contributed by atoms with E-state index in [1.807, 2.05) is 54.3 Å². The summed E-state index contributed by atoms with van der Waals surface area (Å²) < 4.78 is 0. The molecule has 0 unspecified atom stereocenters. The molecule has 1 N–H and O–H groups in total. The van der Waals surface area contributed by atoms with E-state index in [0.717, 1.165) is 24.3 Å². The Balaban J connectivity index is 2.04. The predicted molar refractivity (Wildman–Crippen MR) is 89.9 cm³/mol. The Labute approximate surface area is 132 Å². The molecule has 0 saturated carbocycles. The van der Waals surface area contributed by atoms with Crippen LogP contribution in [0.2, 0.25) is 0 Å². The number of aromatic nitrogens is 1. The van der Waals surface area contributed by atoms with Crippen molar-refractivity contribution in [3.05, 3.63) is 59.8 Å². The van der Waals surface area contributed by atoms with E-state index in [1.165, 1.54) is 0 Å². The largest absolute Gasteiger partial charge is 0.370 e. The summed E-state index contributed by atoms with van der Waals surface area (Å²) >= 11 is 0. The molecule has 2 aromatic rings. The summed E-state index contributed by atoms with van der Waals surface area (Å²) in [6, 6.07) is 13.7. The van der Waals surface area contributed by atoms with Crippen molar-refractivity contribution >= 4 is 11.7 Å². The first-order valence-corrected chi connectivity index (χ1v) is 7.77. The van der Waals surface area contributed by atoms with Crippen molar-refractivity contribution in [1.29, 1.82) is 0 Å². The summed E-state index contributed by atoms with van der Waals surface area (Å²) in [6.45, 7) is 6.27. The highest BCUT2D eigenvalue weighted by atomic mass is 16.2. The molecule has 0 aliphatic rings. The molecule has 0 saturated heterocycles. The zero-order valence-electron chi connectivity index (χ0n) is 13.2. The summed E-state index contributed by atoms with van der Waals surface area (Å²) in [7, 11) is 0. The number of benzene rings is 1. The van der Waals surface area contributed by atoms with E-state index >= 15 is 0 Å². The highest BCUT2D eigenvalue weighted by molar-refractivity contribution is 5.94. The molecular formula is C18H23N3O. The number of nitrogens with zero attached hydrogens (tertiary/aromatic N) is 2. The van der Waals surface area contributed by atoms with E-state index in [1.54, 1.807) is 6.20 Å². The average Bonchev–Trinajstić information content (AvgIpc) is 2.58. The van der Waals surface area contributed by atoms with Crippen LogP contribution >= 0.6 is 0 Å². The third-order valence-electron chi connectivity index (χ3n) is 3.45. The number of nitrogens with one attached hydrogen (secondary N) is 1. The molecule has 4 heteroatoms. The van der Waals surface area contributed by atoms with Crippen molar-refractivity contribution in [2.24, 2.45) is 0 Å². The van der Waals surface area contributed by atoms with Gasteiger partial charge in [0.25, 0.3) is 5.91 Å². The highest BCUT2D eigenvalue weighted by Gasteiger charge is 2.14. The van der Waals surface area contributed by atoms with Gasteiger partial charge in [0.15, 0.2) is 0 Å². The lowest BCUT2D eigenvalue weighted by molar-refractivity contribution is 0.0752. The number of carbonyl (C=O) groups excluding carboxylic acids is 1. The number of pyridine rings is 1. The molecule has 0 radical (unpaired) electrons. The first kappa shape index (κ1) is 16.0. The maximum Gasteiger partial charge on any atom is 0.255 e. The van der Waals surface area contributed by atoms with Gasteiger partial charge in [-0.15, -0.1) is 0 Å². The molecule has 1 aromatic carbocycles. The topological polar surface area (TPSA) is 45.2 Å². The van der Waals surface area contributed by atoms with Crippen LogP contribution < -0.4 is 5.32 Å². The van der Waals surface area contributed by atoms with E-state index in [9.17, 15) is 4.79 Å². The van der Waals surface area contributed by atoms with E-state index < -0.39 is 0 Å². The SMILES string of the molecule is CCCNc1ccc(C(=O)N(CC)Cc2ccccc2)cn1. The standard InChI is InChI=1S/C18H23N3O/c1-3-12-19-17-11-10-16(13-20-17)18(22)21(4-2)14-15-8-6-5-7-9-15/h5-11,13H,3-4,12,14H2,1-2H3,(H,19,20). The van der Waals surface area contributed by atoms with Crippen LogP contribution in [0.15, 0.2) is 48.7 Å². The lowest BCUT2D eigenvalue weighted by Crippen LogP contribution is -2.30. The van der Waals surface area contributed by atoms with Gasteiger partial charge in [0.1, 0.15) is 5.82 Å². The van der Waals surface area contributed by atoms with Crippen molar-refractivity contribution in [2.45, 2.75) is 26.8 Å². The molecule has 0 spiro atoms. The summed E-state index contributed by atoms with van der Waals surface area (Å²) in [5, 5.41) is 3.21. The predicted octanol–water partition coefficient (Wildman–Crippen LogP) is 3.57. The van der Waals surface area contributed by atoms with Gasteiger partial charge in [0.05, 0.1) is 5.56 Å². The van der Waals surface area contributed by atoms with E-state index in [2.05, 4.69) is 17.2 Å². The zero-order valence-corrected chi connectivity index (χ0v) is 13.2. The Morgan fingerprint density at radius 2 is 1.91 bits per heavy atom. The van der Waals surface area contributed by atoms with Crippen molar-refractivity contribution in [3.8, 4) is 0 Å². The molecule has 1 aromatic heterocycles. The van der Waals surface area contributed by atoms with Crippen molar-refractivity contribution in [2.75, 3.05) is 18.4 Å². The summed E-state index contributed by atoms with van der Waals surface area (Å²) in [4.78, 5) is 18.7. The molecule has 1 amide bonds. The van der Waals surface area contributed by atoms with Crippen molar-refractivity contribution in [1.82, 2.24) is 9.88 Å². The molecule has 116 valence electrons. The number of amides is 1. The molecule has 0 aliphatic heterocycles. The molecule has 1 heterocycles. The van der Waals surface area contributed by atoms with E-state index in [4.69, 9.17) is 0 Å². The first-order chi connectivity index (χ1) is 10.7. The van der Waals surface area contributed by atoms with Gasteiger partial charge in [-0.1, -0.05) is 37.3 Å². The van der Waals surface area contributed by atoms with Crippen LogP contribution in [-0.4, -0.2) is 28.9 Å². The minimum atomic E-state index is 0.0147. The summed E-state index contributed by atoms with van der Waals surface area (Å²) in [6.07, 6.45) is 2.69. The fraction of sp³-hybridized carbons (Fsp3) is 0.333. The fourth-order valence-corrected chi connectivity index (χ4v) is 2.19. The fourth-order valence-electron chi connectivity index (χ4n) is 2.19. The number of rotatable bonds is 7. The smallest absolute Gasteiger partial charge is 0.255 e.